The summed E-state index contributed by atoms with van der Waals surface area (Å²) in [5.74, 6) is 0.158. The van der Waals surface area contributed by atoms with Crippen molar-refractivity contribution in [2.45, 2.75) is 19.6 Å². The average molecular weight is 581 g/mol. The van der Waals surface area contributed by atoms with Crippen molar-refractivity contribution in [3.8, 4) is 16.9 Å². The molecule has 0 unspecified atom stereocenters. The van der Waals surface area contributed by atoms with E-state index in [4.69, 9.17) is 4.74 Å². The Labute approximate surface area is 246 Å². The molecule has 1 aliphatic rings. The van der Waals surface area contributed by atoms with E-state index in [1.54, 1.807) is 51.9 Å². The van der Waals surface area contributed by atoms with Gasteiger partial charge in [0.25, 0.3) is 11.8 Å². The lowest BCUT2D eigenvalue weighted by Crippen LogP contribution is -2.53. The van der Waals surface area contributed by atoms with Crippen LogP contribution in [-0.4, -0.2) is 62.2 Å². The molecule has 0 atom stereocenters. The van der Waals surface area contributed by atoms with E-state index >= 15 is 0 Å². The van der Waals surface area contributed by atoms with E-state index < -0.39 is 6.10 Å². The van der Waals surface area contributed by atoms with Crippen molar-refractivity contribution < 1.29 is 23.8 Å². The highest BCUT2D eigenvalue weighted by Gasteiger charge is 2.30. The number of aliphatic hydroxyl groups is 1. The zero-order valence-electron chi connectivity index (χ0n) is 23.3. The Hall–Kier alpha value is -5.29. The average Bonchev–Trinajstić information content (AvgIpc) is 3.41. The minimum Gasteiger partial charge on any atom is -0.492 e. The van der Waals surface area contributed by atoms with Crippen molar-refractivity contribution in [1.29, 1.82) is 0 Å². The van der Waals surface area contributed by atoms with Crippen LogP contribution >= 0.6 is 0 Å². The second kappa shape index (κ2) is 11.9. The second-order valence-corrected chi connectivity index (χ2v) is 10.2. The van der Waals surface area contributed by atoms with Crippen LogP contribution in [0.4, 0.5) is 16.0 Å². The topological polar surface area (TPSA) is 121 Å². The lowest BCUT2D eigenvalue weighted by Gasteiger charge is -2.35. The quantitative estimate of drug-likeness (QED) is 0.236. The SMILES string of the molecule is CCOc1cc(C(=O)N2CC(O)C2)ccc1Nc1nc2ccc(-c3ccc(C(=O)NCc4ccc(F)cc4)cc3)cn2n1. The maximum atomic E-state index is 13.1. The summed E-state index contributed by atoms with van der Waals surface area (Å²) < 4.78 is 20.5. The first-order valence-corrected chi connectivity index (χ1v) is 13.9. The summed E-state index contributed by atoms with van der Waals surface area (Å²) in [5.41, 5.74) is 4.83. The molecule has 3 heterocycles. The smallest absolute Gasteiger partial charge is 0.254 e. The van der Waals surface area contributed by atoms with E-state index in [0.29, 0.717) is 60.4 Å². The summed E-state index contributed by atoms with van der Waals surface area (Å²) in [6, 6.07) is 22.1. The van der Waals surface area contributed by atoms with E-state index in [-0.39, 0.29) is 17.6 Å². The van der Waals surface area contributed by atoms with Gasteiger partial charge in [0.15, 0.2) is 5.65 Å². The molecule has 1 saturated heterocycles. The molecular formula is C32H29FN6O4. The number of likely N-dealkylation sites (tertiary alicyclic amines) is 1. The summed E-state index contributed by atoms with van der Waals surface area (Å²) in [6.45, 7) is 3.23. The highest BCUT2D eigenvalue weighted by molar-refractivity contribution is 5.96. The molecule has 0 radical (unpaired) electrons. The second-order valence-electron chi connectivity index (χ2n) is 10.2. The number of carbonyl (C=O) groups is 2. The Balaban J connectivity index is 1.14. The monoisotopic (exact) mass is 580 g/mol. The molecule has 0 bridgehead atoms. The van der Waals surface area contributed by atoms with Gasteiger partial charge >= 0.3 is 0 Å². The first kappa shape index (κ1) is 27.9. The molecule has 5 aromatic rings. The normalized spacial score (nSPS) is 13.0. The number of nitrogens with zero attached hydrogens (tertiary/aromatic N) is 4. The Morgan fingerprint density at radius 1 is 0.977 bits per heavy atom. The number of halogens is 1. The Morgan fingerprint density at radius 3 is 2.42 bits per heavy atom. The van der Waals surface area contributed by atoms with E-state index in [9.17, 15) is 19.1 Å². The predicted octanol–water partition coefficient (Wildman–Crippen LogP) is 4.42. The van der Waals surface area contributed by atoms with E-state index in [1.807, 2.05) is 37.4 Å². The highest BCUT2D eigenvalue weighted by Crippen LogP contribution is 2.30. The molecule has 11 heteroatoms. The van der Waals surface area contributed by atoms with Gasteiger partial charge in [0.1, 0.15) is 11.6 Å². The van der Waals surface area contributed by atoms with Crippen LogP contribution in [0.3, 0.4) is 0 Å². The highest BCUT2D eigenvalue weighted by atomic mass is 19.1. The number of pyridine rings is 1. The molecule has 0 aliphatic carbocycles. The molecule has 0 saturated carbocycles. The molecule has 2 amide bonds. The third-order valence-electron chi connectivity index (χ3n) is 7.10. The molecule has 6 rings (SSSR count). The molecule has 3 aromatic carbocycles. The van der Waals surface area contributed by atoms with Gasteiger partial charge in [-0.25, -0.2) is 8.91 Å². The van der Waals surface area contributed by atoms with E-state index in [2.05, 4.69) is 20.7 Å². The number of hydrogen-bond donors (Lipinski definition) is 3. The van der Waals surface area contributed by atoms with Crippen LogP contribution in [0.25, 0.3) is 16.8 Å². The van der Waals surface area contributed by atoms with Gasteiger partial charge in [0.2, 0.25) is 5.95 Å². The number of anilines is 2. The molecule has 0 spiro atoms. The summed E-state index contributed by atoms with van der Waals surface area (Å²) in [6.07, 6.45) is 1.38. The predicted molar refractivity (Wildman–Crippen MR) is 159 cm³/mol. The first-order valence-electron chi connectivity index (χ1n) is 13.9. The number of rotatable bonds is 9. The molecular weight excluding hydrogens is 551 g/mol. The lowest BCUT2D eigenvalue weighted by atomic mass is 10.1. The van der Waals surface area contributed by atoms with Crippen molar-refractivity contribution >= 4 is 29.1 Å². The zero-order chi connectivity index (χ0) is 29.9. The van der Waals surface area contributed by atoms with Crippen molar-refractivity contribution in [2.75, 3.05) is 25.0 Å². The van der Waals surface area contributed by atoms with Crippen molar-refractivity contribution in [3.63, 3.8) is 0 Å². The summed E-state index contributed by atoms with van der Waals surface area (Å²) in [7, 11) is 0. The van der Waals surface area contributed by atoms with Crippen molar-refractivity contribution in [2.24, 2.45) is 0 Å². The van der Waals surface area contributed by atoms with E-state index in [0.717, 1.165) is 16.7 Å². The van der Waals surface area contributed by atoms with Crippen LogP contribution in [0, 0.1) is 5.82 Å². The number of aromatic nitrogens is 3. The Kier molecular flexibility index (Phi) is 7.71. The standard InChI is InChI=1S/C32H29FN6O4/c1-2-43-28-15-23(31(42)38-18-26(40)19-38)9-13-27(28)35-32-36-29-14-10-24(17-39(29)37-32)21-5-7-22(8-6-21)30(41)34-16-20-3-11-25(33)12-4-20/h3-15,17,26,40H,2,16,18-19H2,1H3,(H,34,41)(H,35,37). The third-order valence-corrected chi connectivity index (χ3v) is 7.10. The Morgan fingerprint density at radius 2 is 1.70 bits per heavy atom. The van der Waals surface area contributed by atoms with Crippen LogP contribution in [0.2, 0.25) is 0 Å². The number of carbonyl (C=O) groups excluding carboxylic acids is 2. The van der Waals surface area contributed by atoms with Gasteiger partial charge < -0.3 is 25.4 Å². The van der Waals surface area contributed by atoms with Crippen molar-refractivity contribution in [1.82, 2.24) is 24.8 Å². The maximum absolute atomic E-state index is 13.1. The van der Waals surface area contributed by atoms with Gasteiger partial charge in [0, 0.05) is 42.5 Å². The fourth-order valence-corrected chi connectivity index (χ4v) is 4.77. The molecule has 1 fully saturated rings. The maximum Gasteiger partial charge on any atom is 0.254 e. The van der Waals surface area contributed by atoms with Gasteiger partial charge in [-0.1, -0.05) is 24.3 Å². The number of ether oxygens (including phenoxy) is 1. The number of nitrogens with one attached hydrogen (secondary N) is 2. The molecule has 3 N–H and O–H groups in total. The molecule has 10 nitrogen and oxygen atoms in total. The summed E-state index contributed by atoms with van der Waals surface area (Å²) >= 11 is 0. The molecule has 218 valence electrons. The summed E-state index contributed by atoms with van der Waals surface area (Å²) in [5, 5.41) is 20.1. The molecule has 2 aromatic heterocycles. The van der Waals surface area contributed by atoms with Crippen LogP contribution in [0.5, 0.6) is 5.75 Å². The van der Waals surface area contributed by atoms with Crippen molar-refractivity contribution in [3.05, 3.63) is 108 Å². The largest absolute Gasteiger partial charge is 0.492 e. The first-order chi connectivity index (χ1) is 20.9. The fourth-order valence-electron chi connectivity index (χ4n) is 4.77. The molecule has 1 aliphatic heterocycles. The van der Waals surface area contributed by atoms with Gasteiger partial charge in [-0.05, 0) is 72.6 Å². The van der Waals surface area contributed by atoms with Crippen LogP contribution in [0.1, 0.15) is 33.2 Å². The number of hydrogen-bond acceptors (Lipinski definition) is 7. The van der Waals surface area contributed by atoms with Crippen LogP contribution < -0.4 is 15.4 Å². The van der Waals surface area contributed by atoms with Crippen LogP contribution in [-0.2, 0) is 6.54 Å². The van der Waals surface area contributed by atoms with Gasteiger partial charge in [-0.15, -0.1) is 5.10 Å². The minimum absolute atomic E-state index is 0.158. The lowest BCUT2D eigenvalue weighted by molar-refractivity contribution is 0.00588. The summed E-state index contributed by atoms with van der Waals surface area (Å²) in [4.78, 5) is 31.4. The number of benzene rings is 3. The Bertz CT molecular complexity index is 1780. The van der Waals surface area contributed by atoms with Gasteiger partial charge in [-0.3, -0.25) is 9.59 Å². The molecule has 43 heavy (non-hydrogen) atoms. The number of amides is 2. The minimum atomic E-state index is -0.469. The number of aliphatic hydroxyl groups excluding tert-OH is 1. The van der Waals surface area contributed by atoms with Crippen LogP contribution in [0.15, 0.2) is 85.1 Å². The zero-order valence-corrected chi connectivity index (χ0v) is 23.3. The number of fused-ring (bicyclic) bond motifs is 1. The van der Waals surface area contributed by atoms with Gasteiger partial charge in [0.05, 0.1) is 18.4 Å². The third kappa shape index (κ3) is 6.16. The fraction of sp³-hybridized carbons (Fsp3) is 0.188. The van der Waals surface area contributed by atoms with Gasteiger partial charge in [-0.2, -0.15) is 4.98 Å². The number of β-amino-alcohol motifs (C(OH)–C–C–N with tert-alkyl or cyclic N) is 1. The van der Waals surface area contributed by atoms with E-state index in [1.165, 1.54) is 12.1 Å².